The molecular weight excluding hydrogens is 232 g/mol. The van der Waals surface area contributed by atoms with Crippen LogP contribution in [0, 0.1) is 0 Å². The van der Waals surface area contributed by atoms with E-state index in [2.05, 4.69) is 4.74 Å². The lowest BCUT2D eigenvalue weighted by molar-refractivity contribution is -0.140. The van der Waals surface area contributed by atoms with Crippen molar-refractivity contribution in [2.24, 2.45) is 0 Å². The predicted octanol–water partition coefficient (Wildman–Crippen LogP) is 2.16. The van der Waals surface area contributed by atoms with Crippen molar-refractivity contribution in [3.63, 3.8) is 0 Å². The maximum Gasteiger partial charge on any atom is 0.305 e. The molecule has 0 aromatic heterocycles. The van der Waals surface area contributed by atoms with E-state index in [1.54, 1.807) is 18.2 Å². The molecule has 0 bridgehead atoms. The Morgan fingerprint density at radius 2 is 2.00 bits per heavy atom. The number of hydrogen-bond donors (Lipinski definition) is 2. The second-order valence-corrected chi connectivity index (χ2v) is 4.26. The molecule has 4 nitrogen and oxygen atoms in total. The average molecular weight is 252 g/mol. The summed E-state index contributed by atoms with van der Waals surface area (Å²) in [6.45, 7) is -0.191. The van der Waals surface area contributed by atoms with E-state index < -0.39 is 0 Å². The monoisotopic (exact) mass is 252 g/mol. The van der Waals surface area contributed by atoms with Gasteiger partial charge in [-0.3, -0.25) is 4.79 Å². The van der Waals surface area contributed by atoms with Crippen LogP contribution >= 0.6 is 0 Å². The molecular formula is C14H20O4. The molecule has 100 valence electrons. The molecule has 0 heterocycles. The number of esters is 1. The Morgan fingerprint density at radius 3 is 2.44 bits per heavy atom. The molecule has 2 rings (SSSR count). The number of methoxy groups -OCH3 is 1. The number of aryl methyl sites for hydroxylation is 1. The fourth-order valence-corrected chi connectivity index (χ4v) is 1.25. The normalized spacial score (nSPS) is 12.3. The van der Waals surface area contributed by atoms with Crippen LogP contribution in [-0.4, -0.2) is 23.3 Å². The summed E-state index contributed by atoms with van der Waals surface area (Å²) in [7, 11) is 1.34. The van der Waals surface area contributed by atoms with E-state index in [0.717, 1.165) is 5.56 Å². The highest BCUT2D eigenvalue weighted by molar-refractivity contribution is 5.69. The smallest absolute Gasteiger partial charge is 0.305 e. The zero-order valence-electron chi connectivity index (χ0n) is 10.7. The summed E-state index contributed by atoms with van der Waals surface area (Å²) < 4.78 is 4.51. The number of carbonyl (C=O) groups is 1. The second-order valence-electron chi connectivity index (χ2n) is 4.26. The standard InChI is InChI=1S/C11H14O4.C3H6/c1-15-11(14)5-3-8-2-4-9(7-12)10(13)6-8;1-2-3-1/h2,4,6,12-13H,3,5,7H2,1H3;1-3H2. The highest BCUT2D eigenvalue weighted by atomic mass is 16.5. The SMILES string of the molecule is C1CC1.COC(=O)CCc1ccc(CO)c(O)c1. The van der Waals surface area contributed by atoms with Crippen molar-refractivity contribution in [2.45, 2.75) is 38.7 Å². The van der Waals surface area contributed by atoms with Crippen LogP contribution in [0.1, 0.15) is 36.8 Å². The summed E-state index contributed by atoms with van der Waals surface area (Å²) >= 11 is 0. The number of phenols is 1. The number of benzene rings is 1. The van der Waals surface area contributed by atoms with E-state index in [0.29, 0.717) is 12.0 Å². The summed E-state index contributed by atoms with van der Waals surface area (Å²) in [5, 5.41) is 18.3. The van der Waals surface area contributed by atoms with Crippen LogP contribution in [-0.2, 0) is 22.6 Å². The molecule has 0 atom stereocenters. The summed E-state index contributed by atoms with van der Waals surface area (Å²) in [6.07, 6.45) is 5.31. The first kappa shape index (κ1) is 14.5. The van der Waals surface area contributed by atoms with Gasteiger partial charge in [-0.25, -0.2) is 0 Å². The summed E-state index contributed by atoms with van der Waals surface area (Å²) in [6, 6.07) is 4.96. The summed E-state index contributed by atoms with van der Waals surface area (Å²) in [4.78, 5) is 10.9. The molecule has 1 saturated carbocycles. The average Bonchev–Trinajstić information content (AvgIpc) is 3.24. The van der Waals surface area contributed by atoms with Gasteiger partial charge < -0.3 is 14.9 Å². The maximum atomic E-state index is 10.9. The Morgan fingerprint density at radius 1 is 1.33 bits per heavy atom. The maximum absolute atomic E-state index is 10.9. The molecule has 1 aliphatic rings. The second kappa shape index (κ2) is 7.71. The minimum atomic E-state index is -0.277. The van der Waals surface area contributed by atoms with Gasteiger partial charge in [-0.15, -0.1) is 0 Å². The minimum absolute atomic E-state index is 0.0554. The molecule has 2 N–H and O–H groups in total. The van der Waals surface area contributed by atoms with E-state index in [1.165, 1.54) is 26.4 Å². The number of aromatic hydroxyl groups is 1. The topological polar surface area (TPSA) is 66.8 Å². The van der Waals surface area contributed by atoms with Gasteiger partial charge in [0.2, 0.25) is 0 Å². The van der Waals surface area contributed by atoms with Gasteiger partial charge in [-0.2, -0.15) is 0 Å². The van der Waals surface area contributed by atoms with Gasteiger partial charge in [-0.05, 0) is 18.1 Å². The van der Waals surface area contributed by atoms with E-state index in [1.807, 2.05) is 0 Å². The Balaban J connectivity index is 0.000000468. The molecule has 0 amide bonds. The van der Waals surface area contributed by atoms with Crippen molar-refractivity contribution in [3.05, 3.63) is 29.3 Å². The van der Waals surface area contributed by atoms with Crippen LogP contribution < -0.4 is 0 Å². The molecule has 1 fully saturated rings. The Hall–Kier alpha value is -1.55. The molecule has 18 heavy (non-hydrogen) atoms. The number of aliphatic hydroxyl groups excluding tert-OH is 1. The summed E-state index contributed by atoms with van der Waals surface area (Å²) in [5.41, 5.74) is 1.33. The van der Waals surface area contributed by atoms with Crippen LogP contribution in [0.25, 0.3) is 0 Å². The van der Waals surface area contributed by atoms with Gasteiger partial charge in [0.1, 0.15) is 5.75 Å². The van der Waals surface area contributed by atoms with Crippen molar-refractivity contribution in [1.29, 1.82) is 0 Å². The van der Waals surface area contributed by atoms with Gasteiger partial charge in [0.25, 0.3) is 0 Å². The lowest BCUT2D eigenvalue weighted by Crippen LogP contribution is -2.01. The largest absolute Gasteiger partial charge is 0.508 e. The van der Waals surface area contributed by atoms with Crippen molar-refractivity contribution < 1.29 is 19.7 Å². The molecule has 0 spiro atoms. The van der Waals surface area contributed by atoms with E-state index in [9.17, 15) is 9.90 Å². The Kier molecular flexibility index (Phi) is 6.22. The zero-order valence-corrected chi connectivity index (χ0v) is 10.7. The highest BCUT2D eigenvalue weighted by Crippen LogP contribution is 2.19. The number of ether oxygens (including phenoxy) is 1. The zero-order chi connectivity index (χ0) is 13.4. The number of aliphatic hydroxyl groups is 1. The number of hydrogen-bond acceptors (Lipinski definition) is 4. The minimum Gasteiger partial charge on any atom is -0.508 e. The first-order valence-electron chi connectivity index (χ1n) is 6.16. The van der Waals surface area contributed by atoms with Crippen LogP contribution in [0.4, 0.5) is 0 Å². The quantitative estimate of drug-likeness (QED) is 0.806. The Bertz CT molecular complexity index is 383. The van der Waals surface area contributed by atoms with Crippen molar-refractivity contribution in [2.75, 3.05) is 7.11 Å². The predicted molar refractivity (Wildman–Crippen MR) is 68.2 cm³/mol. The first-order chi connectivity index (χ1) is 8.67. The molecule has 0 radical (unpaired) electrons. The third-order valence-corrected chi connectivity index (χ3v) is 2.52. The molecule has 0 saturated heterocycles. The molecule has 1 aliphatic carbocycles. The van der Waals surface area contributed by atoms with E-state index in [4.69, 9.17) is 5.11 Å². The molecule has 0 unspecified atom stereocenters. The van der Waals surface area contributed by atoms with Gasteiger partial charge in [0.05, 0.1) is 13.7 Å². The third kappa shape index (κ3) is 5.68. The Labute approximate surface area is 107 Å². The van der Waals surface area contributed by atoms with Gasteiger partial charge in [0, 0.05) is 12.0 Å². The lowest BCUT2D eigenvalue weighted by Gasteiger charge is -2.04. The van der Waals surface area contributed by atoms with Crippen LogP contribution in [0.3, 0.4) is 0 Å². The van der Waals surface area contributed by atoms with Gasteiger partial charge in [0.15, 0.2) is 0 Å². The van der Waals surface area contributed by atoms with Gasteiger partial charge in [-0.1, -0.05) is 31.4 Å². The van der Waals surface area contributed by atoms with Crippen LogP contribution in [0.15, 0.2) is 18.2 Å². The molecule has 1 aromatic carbocycles. The molecule has 0 aliphatic heterocycles. The first-order valence-corrected chi connectivity index (χ1v) is 6.16. The summed E-state index contributed by atoms with van der Waals surface area (Å²) in [5.74, 6) is -0.222. The van der Waals surface area contributed by atoms with E-state index in [-0.39, 0.29) is 24.7 Å². The van der Waals surface area contributed by atoms with E-state index >= 15 is 0 Å². The van der Waals surface area contributed by atoms with Crippen molar-refractivity contribution >= 4 is 5.97 Å². The number of rotatable bonds is 4. The van der Waals surface area contributed by atoms with Gasteiger partial charge >= 0.3 is 5.97 Å². The fourth-order valence-electron chi connectivity index (χ4n) is 1.25. The third-order valence-electron chi connectivity index (χ3n) is 2.52. The lowest BCUT2D eigenvalue weighted by atomic mass is 10.1. The van der Waals surface area contributed by atoms with Crippen molar-refractivity contribution in [3.8, 4) is 5.75 Å². The highest BCUT2D eigenvalue weighted by Gasteiger charge is 2.04. The van der Waals surface area contributed by atoms with Crippen molar-refractivity contribution in [1.82, 2.24) is 0 Å². The van der Waals surface area contributed by atoms with Crippen LogP contribution in [0.5, 0.6) is 5.75 Å². The molecule has 1 aromatic rings. The fraction of sp³-hybridized carbons (Fsp3) is 0.500. The molecule has 4 heteroatoms. The number of carbonyl (C=O) groups excluding carboxylic acids is 1. The van der Waals surface area contributed by atoms with Crippen LogP contribution in [0.2, 0.25) is 0 Å².